The van der Waals surface area contributed by atoms with E-state index in [1.165, 1.54) is 0 Å². The molecular formula is C22H23N3O2. The van der Waals surface area contributed by atoms with Crippen LogP contribution in [0.25, 0.3) is 22.6 Å². The van der Waals surface area contributed by atoms with Crippen LogP contribution in [0.2, 0.25) is 0 Å². The summed E-state index contributed by atoms with van der Waals surface area (Å²) >= 11 is 0. The number of methoxy groups -OCH3 is 1. The van der Waals surface area contributed by atoms with Gasteiger partial charge in [0.05, 0.1) is 19.0 Å². The second-order valence-corrected chi connectivity index (χ2v) is 6.17. The fraction of sp³-hybridized carbons (Fsp3) is 0.182. The normalized spacial score (nSPS) is 10.4. The minimum absolute atomic E-state index is 0.0362. The molecule has 3 rings (SSSR count). The standard InChI is InChI=1S/C22H23N3O2/c1-3-4-5-21(26)23-14-16-6-8-18(9-7-16)22-24-15-20(25-22)17-10-12-19(27-2)13-11-17/h3,6-13,15H,1,4-5,14H2,2H3,(H,23,26)(H,24,25). The van der Waals surface area contributed by atoms with Crippen LogP contribution in [0.4, 0.5) is 0 Å². The summed E-state index contributed by atoms with van der Waals surface area (Å²) < 4.78 is 5.19. The highest BCUT2D eigenvalue weighted by Crippen LogP contribution is 2.24. The summed E-state index contributed by atoms with van der Waals surface area (Å²) in [6.07, 6.45) is 4.74. The van der Waals surface area contributed by atoms with E-state index in [1.807, 2.05) is 54.7 Å². The van der Waals surface area contributed by atoms with E-state index in [0.717, 1.165) is 34.0 Å². The lowest BCUT2D eigenvalue weighted by Gasteiger charge is -2.05. The molecule has 1 aromatic heterocycles. The number of rotatable bonds is 8. The number of benzene rings is 2. The molecule has 0 saturated heterocycles. The molecule has 0 bridgehead atoms. The Morgan fingerprint density at radius 2 is 1.85 bits per heavy atom. The molecule has 0 aliphatic carbocycles. The van der Waals surface area contributed by atoms with Crippen molar-refractivity contribution >= 4 is 5.91 Å². The summed E-state index contributed by atoms with van der Waals surface area (Å²) in [4.78, 5) is 19.5. The third-order valence-electron chi connectivity index (χ3n) is 4.27. The van der Waals surface area contributed by atoms with Gasteiger partial charge in [0.15, 0.2) is 0 Å². The van der Waals surface area contributed by atoms with Crippen LogP contribution in [-0.4, -0.2) is 23.0 Å². The van der Waals surface area contributed by atoms with E-state index in [2.05, 4.69) is 21.9 Å². The Morgan fingerprint density at radius 3 is 2.52 bits per heavy atom. The number of ether oxygens (including phenoxy) is 1. The first-order valence-electron chi connectivity index (χ1n) is 8.86. The Labute approximate surface area is 159 Å². The van der Waals surface area contributed by atoms with Crippen molar-refractivity contribution in [1.82, 2.24) is 15.3 Å². The highest BCUT2D eigenvalue weighted by molar-refractivity contribution is 5.76. The van der Waals surface area contributed by atoms with Gasteiger partial charge in [-0.2, -0.15) is 0 Å². The molecule has 2 aromatic carbocycles. The van der Waals surface area contributed by atoms with Crippen molar-refractivity contribution in [2.75, 3.05) is 7.11 Å². The molecule has 0 atom stereocenters. The van der Waals surface area contributed by atoms with Gasteiger partial charge in [-0.3, -0.25) is 4.79 Å². The zero-order valence-corrected chi connectivity index (χ0v) is 15.4. The Balaban J connectivity index is 1.64. The van der Waals surface area contributed by atoms with Gasteiger partial charge in [-0.05, 0) is 41.8 Å². The smallest absolute Gasteiger partial charge is 0.220 e. The van der Waals surface area contributed by atoms with Crippen LogP contribution in [0.5, 0.6) is 5.75 Å². The quantitative estimate of drug-likeness (QED) is 0.587. The fourth-order valence-electron chi connectivity index (χ4n) is 2.69. The molecule has 0 aliphatic rings. The van der Waals surface area contributed by atoms with Gasteiger partial charge >= 0.3 is 0 Å². The van der Waals surface area contributed by atoms with Gasteiger partial charge in [-0.15, -0.1) is 6.58 Å². The number of hydrogen-bond donors (Lipinski definition) is 2. The number of nitrogens with zero attached hydrogens (tertiary/aromatic N) is 1. The molecule has 5 nitrogen and oxygen atoms in total. The minimum atomic E-state index is 0.0362. The van der Waals surface area contributed by atoms with E-state index in [9.17, 15) is 4.79 Å². The summed E-state index contributed by atoms with van der Waals surface area (Å²) in [6, 6.07) is 15.8. The van der Waals surface area contributed by atoms with Crippen LogP contribution in [-0.2, 0) is 11.3 Å². The predicted molar refractivity (Wildman–Crippen MR) is 107 cm³/mol. The van der Waals surface area contributed by atoms with Gasteiger partial charge in [-0.25, -0.2) is 4.98 Å². The molecule has 1 heterocycles. The zero-order chi connectivity index (χ0) is 19.1. The lowest BCUT2D eigenvalue weighted by Crippen LogP contribution is -2.22. The summed E-state index contributed by atoms with van der Waals surface area (Å²) in [5.41, 5.74) is 4.05. The highest BCUT2D eigenvalue weighted by atomic mass is 16.5. The van der Waals surface area contributed by atoms with Crippen molar-refractivity contribution in [1.29, 1.82) is 0 Å². The first kappa shape index (κ1) is 18.5. The first-order valence-corrected chi connectivity index (χ1v) is 8.86. The van der Waals surface area contributed by atoms with Crippen molar-refractivity contribution in [3.8, 4) is 28.4 Å². The molecular weight excluding hydrogens is 338 g/mol. The van der Waals surface area contributed by atoms with Crippen LogP contribution in [0.15, 0.2) is 67.4 Å². The maximum Gasteiger partial charge on any atom is 0.220 e. The Kier molecular flexibility index (Phi) is 6.05. The largest absolute Gasteiger partial charge is 0.497 e. The first-order chi connectivity index (χ1) is 13.2. The maximum absolute atomic E-state index is 11.7. The van der Waals surface area contributed by atoms with Gasteiger partial charge < -0.3 is 15.0 Å². The van der Waals surface area contributed by atoms with Crippen LogP contribution < -0.4 is 10.1 Å². The molecule has 1 amide bonds. The zero-order valence-electron chi connectivity index (χ0n) is 15.4. The molecule has 138 valence electrons. The Morgan fingerprint density at radius 1 is 1.15 bits per heavy atom. The molecule has 0 spiro atoms. The number of amides is 1. The van der Waals surface area contributed by atoms with Crippen LogP contribution in [0.3, 0.4) is 0 Å². The molecule has 2 N–H and O–H groups in total. The van der Waals surface area contributed by atoms with Gasteiger partial charge in [0.2, 0.25) is 5.91 Å². The topological polar surface area (TPSA) is 67.0 Å². The average molecular weight is 361 g/mol. The SMILES string of the molecule is C=CCCC(=O)NCc1ccc(-c2ncc(-c3ccc(OC)cc3)[nH]2)cc1. The molecule has 0 unspecified atom stereocenters. The van der Waals surface area contributed by atoms with Crippen LogP contribution in [0, 0.1) is 0 Å². The van der Waals surface area contributed by atoms with E-state index >= 15 is 0 Å². The number of nitrogens with one attached hydrogen (secondary N) is 2. The summed E-state index contributed by atoms with van der Waals surface area (Å²) in [7, 11) is 1.65. The van der Waals surface area contributed by atoms with E-state index < -0.39 is 0 Å². The van der Waals surface area contributed by atoms with E-state index in [4.69, 9.17) is 4.74 Å². The molecule has 0 saturated carbocycles. The molecule has 0 fully saturated rings. The lowest BCUT2D eigenvalue weighted by molar-refractivity contribution is -0.121. The fourth-order valence-corrected chi connectivity index (χ4v) is 2.69. The van der Waals surface area contributed by atoms with Crippen LogP contribution in [0.1, 0.15) is 18.4 Å². The number of aromatic nitrogens is 2. The summed E-state index contributed by atoms with van der Waals surface area (Å²) in [5.74, 6) is 1.67. The minimum Gasteiger partial charge on any atom is -0.497 e. The maximum atomic E-state index is 11.7. The lowest BCUT2D eigenvalue weighted by atomic mass is 10.1. The summed E-state index contributed by atoms with van der Waals surface area (Å²) in [5, 5.41) is 2.91. The van der Waals surface area contributed by atoms with Gasteiger partial charge in [0.25, 0.3) is 0 Å². The number of allylic oxidation sites excluding steroid dienone is 1. The second kappa shape index (κ2) is 8.85. The van der Waals surface area contributed by atoms with Gasteiger partial charge in [0.1, 0.15) is 11.6 Å². The number of carbonyl (C=O) groups excluding carboxylic acids is 1. The monoisotopic (exact) mass is 361 g/mol. The highest BCUT2D eigenvalue weighted by Gasteiger charge is 2.06. The molecule has 5 heteroatoms. The van der Waals surface area contributed by atoms with E-state index in [1.54, 1.807) is 13.2 Å². The molecule has 0 aliphatic heterocycles. The van der Waals surface area contributed by atoms with E-state index in [0.29, 0.717) is 19.4 Å². The van der Waals surface area contributed by atoms with Crippen LogP contribution >= 0.6 is 0 Å². The number of imidazole rings is 1. The third kappa shape index (κ3) is 4.85. The van der Waals surface area contributed by atoms with Crippen molar-refractivity contribution < 1.29 is 9.53 Å². The van der Waals surface area contributed by atoms with Crippen molar-refractivity contribution in [2.45, 2.75) is 19.4 Å². The number of hydrogen-bond acceptors (Lipinski definition) is 3. The number of carbonyl (C=O) groups is 1. The Bertz CT molecular complexity index is 896. The average Bonchev–Trinajstić information content (AvgIpc) is 3.21. The summed E-state index contributed by atoms with van der Waals surface area (Å²) in [6.45, 7) is 4.14. The van der Waals surface area contributed by atoms with Crippen molar-refractivity contribution in [2.24, 2.45) is 0 Å². The molecule has 3 aromatic rings. The predicted octanol–water partition coefficient (Wildman–Crippen LogP) is 4.33. The third-order valence-corrected chi connectivity index (χ3v) is 4.27. The van der Waals surface area contributed by atoms with Gasteiger partial charge in [-0.1, -0.05) is 30.3 Å². The second-order valence-electron chi connectivity index (χ2n) is 6.17. The molecule has 27 heavy (non-hydrogen) atoms. The number of aromatic amines is 1. The van der Waals surface area contributed by atoms with E-state index in [-0.39, 0.29) is 5.91 Å². The Hall–Kier alpha value is -3.34. The molecule has 0 radical (unpaired) electrons. The van der Waals surface area contributed by atoms with Gasteiger partial charge in [0, 0.05) is 18.5 Å². The van der Waals surface area contributed by atoms with Crippen molar-refractivity contribution in [3.05, 3.63) is 72.9 Å². The van der Waals surface area contributed by atoms with Crippen molar-refractivity contribution in [3.63, 3.8) is 0 Å². The number of H-pyrrole nitrogens is 1.